The van der Waals surface area contributed by atoms with Crippen LogP contribution in [-0.4, -0.2) is 42.6 Å². The summed E-state index contributed by atoms with van der Waals surface area (Å²) in [6, 6.07) is 10.1. The minimum Gasteiger partial charge on any atom is -0.363 e. The number of aryl methyl sites for hydroxylation is 2. The topological polar surface area (TPSA) is 70.2 Å². The lowest BCUT2D eigenvalue weighted by Gasteiger charge is -2.29. The highest BCUT2D eigenvalue weighted by molar-refractivity contribution is 5.94. The Labute approximate surface area is 167 Å². The molecule has 0 spiro atoms. The van der Waals surface area contributed by atoms with Crippen LogP contribution in [-0.2, 0) is 0 Å². The maximum absolute atomic E-state index is 12.3. The van der Waals surface area contributed by atoms with Crippen LogP contribution < -0.4 is 15.5 Å². The van der Waals surface area contributed by atoms with Crippen LogP contribution in [0.4, 0.5) is 11.8 Å². The van der Waals surface area contributed by atoms with E-state index in [1.165, 1.54) is 0 Å². The normalized spacial score (nSPS) is 19.1. The van der Waals surface area contributed by atoms with E-state index in [4.69, 9.17) is 0 Å². The van der Waals surface area contributed by atoms with Crippen molar-refractivity contribution in [2.75, 3.05) is 30.9 Å². The fourth-order valence-electron chi connectivity index (χ4n) is 3.58. The molecule has 1 aromatic heterocycles. The first-order valence-corrected chi connectivity index (χ1v) is 10.0. The number of aromatic nitrogens is 2. The maximum atomic E-state index is 12.3. The van der Waals surface area contributed by atoms with E-state index in [0.717, 1.165) is 54.9 Å². The molecule has 0 aliphatic heterocycles. The molecule has 3 rings (SSSR count). The largest absolute Gasteiger partial charge is 0.363 e. The van der Waals surface area contributed by atoms with Gasteiger partial charge in [0.25, 0.3) is 5.91 Å². The summed E-state index contributed by atoms with van der Waals surface area (Å²) in [6.07, 6.45) is 4.33. The van der Waals surface area contributed by atoms with Crippen molar-refractivity contribution in [1.29, 1.82) is 0 Å². The van der Waals surface area contributed by atoms with Crippen LogP contribution in [0.2, 0.25) is 0 Å². The predicted molar refractivity (Wildman–Crippen MR) is 114 cm³/mol. The van der Waals surface area contributed by atoms with E-state index >= 15 is 0 Å². The Balaban J connectivity index is 1.46. The zero-order valence-corrected chi connectivity index (χ0v) is 17.3. The second kappa shape index (κ2) is 9.04. The first-order valence-electron chi connectivity index (χ1n) is 10.0. The molecule has 0 unspecified atom stereocenters. The van der Waals surface area contributed by atoms with Crippen molar-refractivity contribution in [1.82, 2.24) is 15.3 Å². The van der Waals surface area contributed by atoms with Crippen LogP contribution in [0.25, 0.3) is 0 Å². The summed E-state index contributed by atoms with van der Waals surface area (Å²) in [4.78, 5) is 23.4. The van der Waals surface area contributed by atoms with Crippen molar-refractivity contribution in [3.63, 3.8) is 0 Å². The summed E-state index contributed by atoms with van der Waals surface area (Å²) in [6.45, 7) is 4.76. The van der Waals surface area contributed by atoms with Gasteiger partial charge >= 0.3 is 0 Å². The van der Waals surface area contributed by atoms with Crippen LogP contribution in [0, 0.1) is 19.8 Å². The fourth-order valence-corrected chi connectivity index (χ4v) is 3.58. The summed E-state index contributed by atoms with van der Waals surface area (Å²) in [5, 5.41) is 6.59. The Kier molecular flexibility index (Phi) is 6.49. The van der Waals surface area contributed by atoms with E-state index in [-0.39, 0.29) is 5.91 Å². The number of nitrogens with one attached hydrogen (secondary N) is 2. The average molecular weight is 382 g/mol. The summed E-state index contributed by atoms with van der Waals surface area (Å²) in [5.74, 6) is 2.18. The lowest BCUT2D eigenvalue weighted by molar-refractivity contribution is 0.0943. The second-order valence-electron chi connectivity index (χ2n) is 8.02. The Morgan fingerprint density at radius 2 is 1.75 bits per heavy atom. The molecule has 2 aromatic rings. The van der Waals surface area contributed by atoms with E-state index in [0.29, 0.717) is 17.9 Å². The lowest BCUT2D eigenvalue weighted by atomic mass is 9.86. The molecule has 6 nitrogen and oxygen atoms in total. The fraction of sp³-hybridized carbons (Fsp3) is 0.500. The van der Waals surface area contributed by atoms with Gasteiger partial charge in [-0.2, -0.15) is 4.98 Å². The standard InChI is InChI=1S/C22H31N5O/c1-15-5-9-18(10-6-15)21(28)23-14-17-7-11-19(12-8-17)25-22-24-16(2)13-20(26-22)27(3)4/h5-6,9-10,13,17,19H,7-8,11-12,14H2,1-4H3,(H,23,28)(H,24,25,26)/t17-,19+. The van der Waals surface area contributed by atoms with Gasteiger partial charge in [-0.15, -0.1) is 0 Å². The van der Waals surface area contributed by atoms with Crippen molar-refractivity contribution in [2.24, 2.45) is 5.92 Å². The molecule has 1 amide bonds. The Hall–Kier alpha value is -2.63. The van der Waals surface area contributed by atoms with Gasteiger partial charge in [-0.25, -0.2) is 4.98 Å². The molecule has 1 aliphatic rings. The Morgan fingerprint density at radius 1 is 1.07 bits per heavy atom. The molecule has 6 heteroatoms. The summed E-state index contributed by atoms with van der Waals surface area (Å²) >= 11 is 0. The number of benzene rings is 1. The van der Waals surface area contributed by atoms with Gasteiger partial charge in [0.2, 0.25) is 5.95 Å². The molecule has 1 aromatic carbocycles. The van der Waals surface area contributed by atoms with Gasteiger partial charge in [0.1, 0.15) is 5.82 Å². The van der Waals surface area contributed by atoms with Gasteiger partial charge in [-0.3, -0.25) is 4.79 Å². The van der Waals surface area contributed by atoms with Gasteiger partial charge in [-0.05, 0) is 57.6 Å². The summed E-state index contributed by atoms with van der Waals surface area (Å²) in [7, 11) is 3.98. The number of anilines is 2. The number of nitrogens with zero attached hydrogens (tertiary/aromatic N) is 3. The van der Waals surface area contributed by atoms with Gasteiger partial charge < -0.3 is 15.5 Å². The molecule has 1 saturated carbocycles. The highest BCUT2D eigenvalue weighted by atomic mass is 16.1. The molecular formula is C22H31N5O. The smallest absolute Gasteiger partial charge is 0.251 e. The first-order chi connectivity index (χ1) is 13.4. The SMILES string of the molecule is Cc1ccc(C(=O)NC[C@H]2CC[C@@H](Nc3nc(C)cc(N(C)C)n3)CC2)cc1. The predicted octanol–water partition coefficient (Wildman–Crippen LogP) is 3.56. The van der Waals surface area contributed by atoms with Crippen LogP contribution in [0.15, 0.2) is 30.3 Å². The third-order valence-electron chi connectivity index (χ3n) is 5.34. The van der Waals surface area contributed by atoms with Crippen molar-refractivity contribution in [3.8, 4) is 0 Å². The van der Waals surface area contributed by atoms with Crippen LogP contribution in [0.3, 0.4) is 0 Å². The van der Waals surface area contributed by atoms with Crippen molar-refractivity contribution in [2.45, 2.75) is 45.6 Å². The highest BCUT2D eigenvalue weighted by Crippen LogP contribution is 2.26. The molecule has 0 atom stereocenters. The quantitative estimate of drug-likeness (QED) is 0.801. The van der Waals surface area contributed by atoms with E-state index < -0.39 is 0 Å². The zero-order chi connectivity index (χ0) is 20.1. The Morgan fingerprint density at radius 3 is 2.39 bits per heavy atom. The zero-order valence-electron chi connectivity index (χ0n) is 17.3. The van der Waals surface area contributed by atoms with Crippen molar-refractivity contribution in [3.05, 3.63) is 47.2 Å². The van der Waals surface area contributed by atoms with Crippen LogP contribution in [0.5, 0.6) is 0 Å². The molecular weight excluding hydrogens is 350 g/mol. The molecule has 1 aliphatic carbocycles. The molecule has 1 heterocycles. The van der Waals surface area contributed by atoms with Gasteiger partial charge in [0, 0.05) is 44.0 Å². The van der Waals surface area contributed by atoms with E-state index in [1.54, 1.807) is 0 Å². The molecule has 0 saturated heterocycles. The molecule has 2 N–H and O–H groups in total. The van der Waals surface area contributed by atoms with E-state index in [2.05, 4.69) is 20.6 Å². The molecule has 150 valence electrons. The average Bonchev–Trinajstić information content (AvgIpc) is 2.67. The molecule has 28 heavy (non-hydrogen) atoms. The lowest BCUT2D eigenvalue weighted by Crippen LogP contribution is -2.34. The van der Waals surface area contributed by atoms with Crippen LogP contribution in [0.1, 0.15) is 47.3 Å². The minimum absolute atomic E-state index is 0.0182. The van der Waals surface area contributed by atoms with E-state index in [1.807, 2.05) is 63.2 Å². The van der Waals surface area contributed by atoms with Gasteiger partial charge in [-0.1, -0.05) is 17.7 Å². The highest BCUT2D eigenvalue weighted by Gasteiger charge is 2.22. The number of rotatable bonds is 6. The summed E-state index contributed by atoms with van der Waals surface area (Å²) < 4.78 is 0. The summed E-state index contributed by atoms with van der Waals surface area (Å²) in [5.41, 5.74) is 2.86. The van der Waals surface area contributed by atoms with Gasteiger partial charge in [0.05, 0.1) is 0 Å². The number of hydrogen-bond acceptors (Lipinski definition) is 5. The van der Waals surface area contributed by atoms with E-state index in [9.17, 15) is 4.79 Å². The number of carbonyl (C=O) groups is 1. The van der Waals surface area contributed by atoms with Gasteiger partial charge in [0.15, 0.2) is 0 Å². The van der Waals surface area contributed by atoms with Crippen molar-refractivity contribution < 1.29 is 4.79 Å². The molecule has 1 fully saturated rings. The molecule has 0 bridgehead atoms. The number of amides is 1. The first kappa shape index (κ1) is 20.1. The second-order valence-corrected chi connectivity index (χ2v) is 8.02. The number of carbonyl (C=O) groups excluding carboxylic acids is 1. The molecule has 0 radical (unpaired) electrons. The maximum Gasteiger partial charge on any atom is 0.251 e. The van der Waals surface area contributed by atoms with Crippen molar-refractivity contribution >= 4 is 17.7 Å². The van der Waals surface area contributed by atoms with Crippen LogP contribution >= 0.6 is 0 Å². The third-order valence-corrected chi connectivity index (χ3v) is 5.34. The minimum atomic E-state index is 0.0182. The monoisotopic (exact) mass is 381 g/mol. The number of hydrogen-bond donors (Lipinski definition) is 2. The third kappa shape index (κ3) is 5.44. The Bertz CT molecular complexity index is 795.